The van der Waals surface area contributed by atoms with E-state index in [1.807, 2.05) is 22.9 Å². The molecular formula is C18H25N3O2. The minimum atomic E-state index is -0.689. The third kappa shape index (κ3) is 2.29. The van der Waals surface area contributed by atoms with Crippen molar-refractivity contribution >= 4 is 11.0 Å². The Hall–Kier alpha value is -1.75. The number of rotatable bonds is 3. The summed E-state index contributed by atoms with van der Waals surface area (Å²) in [5.41, 5.74) is 2.67. The molecule has 1 aliphatic carbocycles. The van der Waals surface area contributed by atoms with Gasteiger partial charge in [0, 0.05) is 28.1 Å². The van der Waals surface area contributed by atoms with Gasteiger partial charge in [0.15, 0.2) is 0 Å². The maximum Gasteiger partial charge on any atom is 0.347 e. The summed E-state index contributed by atoms with van der Waals surface area (Å²) in [7, 11) is 1.81. The highest BCUT2D eigenvalue weighted by Crippen LogP contribution is 2.43. The largest absolute Gasteiger partial charge is 0.396 e. The summed E-state index contributed by atoms with van der Waals surface area (Å²) in [6, 6.07) is 5.92. The minimum Gasteiger partial charge on any atom is -0.396 e. The van der Waals surface area contributed by atoms with Crippen molar-refractivity contribution in [3.63, 3.8) is 0 Å². The fraction of sp³-hybridized carbons (Fsp3) is 0.611. The SMILES string of the molecule is [2H]C1(c2cccc3c2n(C)c(=O)n3N2CCCCC2)CC(CO)C1. The van der Waals surface area contributed by atoms with Crippen LogP contribution in [0.5, 0.6) is 0 Å². The Morgan fingerprint density at radius 3 is 2.70 bits per heavy atom. The number of hydrogen-bond acceptors (Lipinski definition) is 3. The predicted molar refractivity (Wildman–Crippen MR) is 91.5 cm³/mol. The highest BCUT2D eigenvalue weighted by atomic mass is 16.3. The zero-order chi connectivity index (χ0) is 16.9. The van der Waals surface area contributed by atoms with Crippen LogP contribution >= 0.6 is 0 Å². The first-order valence-corrected chi connectivity index (χ1v) is 8.62. The van der Waals surface area contributed by atoms with Crippen LogP contribution in [0.15, 0.2) is 23.0 Å². The third-order valence-electron chi connectivity index (χ3n) is 5.37. The van der Waals surface area contributed by atoms with Gasteiger partial charge in [-0.1, -0.05) is 12.1 Å². The lowest BCUT2D eigenvalue weighted by Gasteiger charge is -2.35. The van der Waals surface area contributed by atoms with E-state index in [4.69, 9.17) is 1.37 Å². The van der Waals surface area contributed by atoms with Crippen molar-refractivity contribution in [1.29, 1.82) is 0 Å². The first-order valence-electron chi connectivity index (χ1n) is 9.12. The molecule has 1 aromatic heterocycles. The molecule has 1 aromatic carbocycles. The number of aromatic nitrogens is 2. The zero-order valence-corrected chi connectivity index (χ0v) is 13.7. The van der Waals surface area contributed by atoms with Crippen LogP contribution in [0.2, 0.25) is 0 Å². The van der Waals surface area contributed by atoms with E-state index in [0.29, 0.717) is 12.8 Å². The molecule has 124 valence electrons. The van der Waals surface area contributed by atoms with Crippen molar-refractivity contribution in [3.05, 3.63) is 34.2 Å². The number of hydrogen-bond donors (Lipinski definition) is 1. The average Bonchev–Trinajstić information content (AvgIpc) is 2.84. The number of nitrogens with zero attached hydrogens (tertiary/aromatic N) is 3. The quantitative estimate of drug-likeness (QED) is 0.941. The summed E-state index contributed by atoms with van der Waals surface area (Å²) in [6.07, 6.45) is 4.77. The van der Waals surface area contributed by atoms with Gasteiger partial charge in [-0.3, -0.25) is 4.57 Å². The Labute approximate surface area is 137 Å². The lowest BCUT2D eigenvalue weighted by Crippen LogP contribution is -2.45. The molecule has 2 heterocycles. The monoisotopic (exact) mass is 316 g/mol. The molecule has 1 aliphatic heterocycles. The van der Waals surface area contributed by atoms with E-state index in [1.54, 1.807) is 11.6 Å². The van der Waals surface area contributed by atoms with Crippen LogP contribution in [0.25, 0.3) is 11.0 Å². The maximum absolute atomic E-state index is 12.9. The maximum atomic E-state index is 12.9. The number of aliphatic hydroxyl groups excluding tert-OH is 1. The number of imidazole rings is 1. The van der Waals surface area contributed by atoms with Crippen molar-refractivity contribution in [2.24, 2.45) is 13.0 Å². The Morgan fingerprint density at radius 1 is 1.26 bits per heavy atom. The van der Waals surface area contributed by atoms with Gasteiger partial charge in [-0.05, 0) is 55.5 Å². The lowest BCUT2D eigenvalue weighted by atomic mass is 9.71. The van der Waals surface area contributed by atoms with Gasteiger partial charge in [0.25, 0.3) is 0 Å². The number of aryl methyl sites for hydroxylation is 1. The zero-order valence-electron chi connectivity index (χ0n) is 14.7. The Morgan fingerprint density at radius 2 is 2.00 bits per heavy atom. The molecule has 2 fully saturated rings. The Balaban J connectivity index is 1.85. The smallest absolute Gasteiger partial charge is 0.347 e. The van der Waals surface area contributed by atoms with E-state index in [0.717, 1.165) is 42.5 Å². The number of aliphatic hydroxyl groups is 1. The fourth-order valence-corrected chi connectivity index (χ4v) is 4.02. The molecular weight excluding hydrogens is 290 g/mol. The molecule has 2 aliphatic rings. The fourth-order valence-electron chi connectivity index (χ4n) is 4.02. The van der Waals surface area contributed by atoms with Crippen LogP contribution in [-0.4, -0.2) is 34.0 Å². The number of fused-ring (bicyclic) bond motifs is 1. The van der Waals surface area contributed by atoms with Crippen molar-refractivity contribution < 1.29 is 6.48 Å². The summed E-state index contributed by atoms with van der Waals surface area (Å²) in [5, 5.41) is 11.4. The van der Waals surface area contributed by atoms with Crippen LogP contribution in [0.4, 0.5) is 0 Å². The van der Waals surface area contributed by atoms with Crippen LogP contribution in [0.3, 0.4) is 0 Å². The molecule has 0 bridgehead atoms. The predicted octanol–water partition coefficient (Wildman–Crippen LogP) is 1.95. The van der Waals surface area contributed by atoms with Crippen LogP contribution in [-0.2, 0) is 7.05 Å². The van der Waals surface area contributed by atoms with Crippen LogP contribution < -0.4 is 10.7 Å². The van der Waals surface area contributed by atoms with Gasteiger partial charge in [0.2, 0.25) is 0 Å². The molecule has 1 saturated heterocycles. The molecule has 2 aromatic rings. The van der Waals surface area contributed by atoms with Crippen molar-refractivity contribution in [2.75, 3.05) is 24.7 Å². The lowest BCUT2D eigenvalue weighted by molar-refractivity contribution is 0.142. The highest BCUT2D eigenvalue weighted by Gasteiger charge is 2.32. The third-order valence-corrected chi connectivity index (χ3v) is 5.37. The molecule has 23 heavy (non-hydrogen) atoms. The van der Waals surface area contributed by atoms with Gasteiger partial charge in [0.05, 0.1) is 11.0 Å². The molecule has 0 radical (unpaired) electrons. The Bertz CT molecular complexity index is 814. The standard InChI is InChI=1S/C18H25N3O2/c1-19-17-15(14-10-13(11-14)12-22)6-5-7-16(17)21(18(19)23)20-8-3-2-4-9-20/h5-7,13-14,22H,2-4,8-12H2,1H3/i14D. The molecule has 0 atom stereocenters. The number of piperidine rings is 1. The molecule has 0 amide bonds. The summed E-state index contributed by atoms with van der Waals surface area (Å²) in [6.45, 7) is 1.95. The van der Waals surface area contributed by atoms with E-state index in [1.165, 1.54) is 6.42 Å². The van der Waals surface area contributed by atoms with Gasteiger partial charge in [-0.15, -0.1) is 0 Å². The number of para-hydroxylation sites is 1. The van der Waals surface area contributed by atoms with Crippen molar-refractivity contribution in [2.45, 2.75) is 38.0 Å². The van der Waals surface area contributed by atoms with Gasteiger partial charge < -0.3 is 10.1 Å². The normalized spacial score (nSPS) is 28.7. The van der Waals surface area contributed by atoms with Crippen LogP contribution in [0, 0.1) is 5.92 Å². The second-order valence-electron chi connectivity index (χ2n) is 6.90. The molecule has 5 heteroatoms. The number of benzene rings is 1. The topological polar surface area (TPSA) is 50.4 Å². The molecule has 4 rings (SSSR count). The molecule has 1 N–H and O–H groups in total. The summed E-state index contributed by atoms with van der Waals surface area (Å²) >= 11 is 0. The van der Waals surface area contributed by atoms with E-state index in [2.05, 4.69) is 5.01 Å². The van der Waals surface area contributed by atoms with E-state index in [9.17, 15) is 9.90 Å². The molecule has 0 unspecified atom stereocenters. The molecule has 0 spiro atoms. The van der Waals surface area contributed by atoms with E-state index >= 15 is 0 Å². The summed E-state index contributed by atoms with van der Waals surface area (Å²) < 4.78 is 12.3. The molecule has 5 nitrogen and oxygen atoms in total. The van der Waals surface area contributed by atoms with E-state index in [-0.39, 0.29) is 18.2 Å². The molecule has 1 saturated carbocycles. The second kappa shape index (κ2) is 5.71. The van der Waals surface area contributed by atoms with E-state index < -0.39 is 5.89 Å². The first-order chi connectivity index (χ1) is 11.5. The second-order valence-corrected chi connectivity index (χ2v) is 6.90. The van der Waals surface area contributed by atoms with Gasteiger partial charge in [-0.2, -0.15) is 0 Å². The van der Waals surface area contributed by atoms with Crippen molar-refractivity contribution in [1.82, 2.24) is 9.24 Å². The summed E-state index contributed by atoms with van der Waals surface area (Å²) in [4.78, 5) is 12.9. The average molecular weight is 316 g/mol. The van der Waals surface area contributed by atoms with Gasteiger partial charge in [-0.25, -0.2) is 9.47 Å². The van der Waals surface area contributed by atoms with Gasteiger partial charge in [0.1, 0.15) is 0 Å². The summed E-state index contributed by atoms with van der Waals surface area (Å²) in [5.74, 6) is -0.482. The highest BCUT2D eigenvalue weighted by molar-refractivity contribution is 5.81. The minimum absolute atomic E-state index is 0.0269. The van der Waals surface area contributed by atoms with Crippen molar-refractivity contribution in [3.8, 4) is 0 Å². The first kappa shape index (κ1) is 13.7. The van der Waals surface area contributed by atoms with Gasteiger partial charge >= 0.3 is 5.69 Å². The Kier molecular flexibility index (Phi) is 3.39. The van der Waals surface area contributed by atoms with Crippen LogP contribution in [0.1, 0.15) is 44.9 Å².